The summed E-state index contributed by atoms with van der Waals surface area (Å²) >= 11 is 0. The van der Waals surface area contributed by atoms with E-state index in [9.17, 15) is 0 Å². The summed E-state index contributed by atoms with van der Waals surface area (Å²) in [6.45, 7) is 6.32. The van der Waals surface area contributed by atoms with E-state index in [4.69, 9.17) is 4.74 Å². The fourth-order valence-corrected chi connectivity index (χ4v) is 1.77. The van der Waals surface area contributed by atoms with E-state index in [-0.39, 0.29) is 0 Å². The van der Waals surface area contributed by atoms with E-state index in [0.29, 0.717) is 0 Å². The molecule has 0 aromatic heterocycles. The molecule has 0 aliphatic carbocycles. The molecule has 16 heavy (non-hydrogen) atoms. The lowest BCUT2D eigenvalue weighted by molar-refractivity contribution is 0.407. The summed E-state index contributed by atoms with van der Waals surface area (Å²) < 4.78 is 5.34. The number of unbranched alkanes of at least 4 members (excludes halogenated alkanes) is 2. The van der Waals surface area contributed by atoms with Crippen LogP contribution < -0.4 is 10.1 Å². The average molecular weight is 221 g/mol. The van der Waals surface area contributed by atoms with Gasteiger partial charge in [0.1, 0.15) is 5.75 Å². The maximum atomic E-state index is 5.34. The van der Waals surface area contributed by atoms with E-state index < -0.39 is 0 Å². The molecule has 2 heteroatoms. The van der Waals surface area contributed by atoms with Gasteiger partial charge in [-0.05, 0) is 26.0 Å². The summed E-state index contributed by atoms with van der Waals surface area (Å²) in [6.07, 6.45) is 3.83. The first-order chi connectivity index (χ1) is 7.77. The first-order valence-electron chi connectivity index (χ1n) is 6.12. The number of methoxy groups -OCH3 is 1. The molecule has 2 nitrogen and oxygen atoms in total. The van der Waals surface area contributed by atoms with Crippen LogP contribution in [0.25, 0.3) is 0 Å². The molecule has 0 fully saturated rings. The van der Waals surface area contributed by atoms with Gasteiger partial charge in [-0.15, -0.1) is 0 Å². The van der Waals surface area contributed by atoms with Gasteiger partial charge >= 0.3 is 0 Å². The van der Waals surface area contributed by atoms with Crippen LogP contribution in [0.1, 0.15) is 37.3 Å². The number of benzene rings is 1. The topological polar surface area (TPSA) is 21.3 Å². The molecule has 1 N–H and O–H groups in total. The molecule has 0 unspecified atom stereocenters. The molecule has 1 aromatic carbocycles. The fourth-order valence-electron chi connectivity index (χ4n) is 1.77. The van der Waals surface area contributed by atoms with E-state index in [2.05, 4.69) is 31.3 Å². The minimum Gasteiger partial charge on any atom is -0.496 e. The first kappa shape index (κ1) is 13.0. The van der Waals surface area contributed by atoms with Crippen molar-refractivity contribution in [1.29, 1.82) is 0 Å². The number of ether oxygens (including phenoxy) is 1. The van der Waals surface area contributed by atoms with Gasteiger partial charge < -0.3 is 10.1 Å². The number of hydrogen-bond acceptors (Lipinski definition) is 2. The number of hydrogen-bond donors (Lipinski definition) is 1. The quantitative estimate of drug-likeness (QED) is 0.713. The van der Waals surface area contributed by atoms with Crippen LogP contribution in [0, 0.1) is 6.92 Å². The normalized spacial score (nSPS) is 10.4. The zero-order valence-electron chi connectivity index (χ0n) is 10.7. The third kappa shape index (κ3) is 4.23. The van der Waals surface area contributed by atoms with Crippen molar-refractivity contribution in [2.45, 2.75) is 39.7 Å². The molecule has 0 amide bonds. The Kier molecular flexibility index (Phi) is 5.94. The maximum absolute atomic E-state index is 5.34. The predicted molar refractivity (Wildman–Crippen MR) is 69.0 cm³/mol. The highest BCUT2D eigenvalue weighted by Crippen LogP contribution is 2.19. The summed E-state index contributed by atoms with van der Waals surface area (Å²) in [4.78, 5) is 0. The highest BCUT2D eigenvalue weighted by atomic mass is 16.5. The molecule has 0 heterocycles. The molecule has 0 spiro atoms. The Balaban J connectivity index is 2.42. The molecular weight excluding hydrogens is 198 g/mol. The van der Waals surface area contributed by atoms with Crippen molar-refractivity contribution in [1.82, 2.24) is 5.32 Å². The van der Waals surface area contributed by atoms with Gasteiger partial charge in [-0.25, -0.2) is 0 Å². The number of nitrogens with one attached hydrogen (secondary N) is 1. The Morgan fingerprint density at radius 3 is 2.75 bits per heavy atom. The van der Waals surface area contributed by atoms with Crippen molar-refractivity contribution in [3.63, 3.8) is 0 Å². The van der Waals surface area contributed by atoms with Crippen LogP contribution in [0.5, 0.6) is 5.75 Å². The lowest BCUT2D eigenvalue weighted by atomic mass is 10.1. The fraction of sp³-hybridized carbons (Fsp3) is 0.571. The Bertz CT molecular complexity index is 310. The molecule has 1 rings (SSSR count). The SMILES string of the molecule is CCCCCNCc1cc(C)ccc1OC. The second-order valence-electron chi connectivity index (χ2n) is 4.20. The van der Waals surface area contributed by atoms with Crippen LogP contribution in [-0.4, -0.2) is 13.7 Å². The molecule has 0 radical (unpaired) electrons. The minimum absolute atomic E-state index is 0.897. The van der Waals surface area contributed by atoms with Crippen LogP contribution in [0.15, 0.2) is 18.2 Å². The van der Waals surface area contributed by atoms with Gasteiger partial charge in [-0.3, -0.25) is 0 Å². The van der Waals surface area contributed by atoms with Gasteiger partial charge in [-0.1, -0.05) is 37.5 Å². The molecule has 0 bridgehead atoms. The highest BCUT2D eigenvalue weighted by molar-refractivity contribution is 5.36. The van der Waals surface area contributed by atoms with E-state index in [1.54, 1.807) is 7.11 Å². The van der Waals surface area contributed by atoms with Crippen molar-refractivity contribution in [3.05, 3.63) is 29.3 Å². The average Bonchev–Trinajstić information content (AvgIpc) is 2.29. The standard InChI is InChI=1S/C14H23NO/c1-4-5-6-9-15-11-13-10-12(2)7-8-14(13)16-3/h7-8,10,15H,4-6,9,11H2,1-3H3. The summed E-state index contributed by atoms with van der Waals surface area (Å²) in [5, 5.41) is 3.46. The maximum Gasteiger partial charge on any atom is 0.123 e. The highest BCUT2D eigenvalue weighted by Gasteiger charge is 2.01. The first-order valence-corrected chi connectivity index (χ1v) is 6.12. The van der Waals surface area contributed by atoms with Gasteiger partial charge in [0, 0.05) is 12.1 Å². The Morgan fingerprint density at radius 1 is 1.25 bits per heavy atom. The van der Waals surface area contributed by atoms with Crippen LogP contribution in [0.2, 0.25) is 0 Å². The Morgan fingerprint density at radius 2 is 2.06 bits per heavy atom. The predicted octanol–water partition coefficient (Wildman–Crippen LogP) is 3.28. The molecular formula is C14H23NO. The van der Waals surface area contributed by atoms with Crippen molar-refractivity contribution in [2.75, 3.05) is 13.7 Å². The lowest BCUT2D eigenvalue weighted by Gasteiger charge is -2.10. The molecule has 0 atom stereocenters. The zero-order valence-corrected chi connectivity index (χ0v) is 10.7. The summed E-state index contributed by atoms with van der Waals surface area (Å²) in [6, 6.07) is 6.31. The van der Waals surface area contributed by atoms with E-state index in [0.717, 1.165) is 18.8 Å². The van der Waals surface area contributed by atoms with Crippen molar-refractivity contribution < 1.29 is 4.74 Å². The van der Waals surface area contributed by atoms with Crippen LogP contribution in [0.4, 0.5) is 0 Å². The molecule has 90 valence electrons. The number of rotatable bonds is 7. The summed E-state index contributed by atoms with van der Waals surface area (Å²) in [5.74, 6) is 0.980. The third-order valence-corrected chi connectivity index (χ3v) is 2.71. The van der Waals surface area contributed by atoms with Crippen LogP contribution in [-0.2, 0) is 6.54 Å². The number of aryl methyl sites for hydroxylation is 1. The third-order valence-electron chi connectivity index (χ3n) is 2.71. The van der Waals surface area contributed by atoms with Crippen LogP contribution >= 0.6 is 0 Å². The zero-order chi connectivity index (χ0) is 11.8. The van der Waals surface area contributed by atoms with Gasteiger partial charge in [-0.2, -0.15) is 0 Å². The minimum atomic E-state index is 0.897. The van der Waals surface area contributed by atoms with Gasteiger partial charge in [0.25, 0.3) is 0 Å². The van der Waals surface area contributed by atoms with Crippen molar-refractivity contribution in [3.8, 4) is 5.75 Å². The molecule has 0 saturated heterocycles. The summed E-state index contributed by atoms with van der Waals surface area (Å²) in [7, 11) is 1.73. The van der Waals surface area contributed by atoms with Crippen LogP contribution in [0.3, 0.4) is 0 Å². The van der Waals surface area contributed by atoms with Gasteiger partial charge in [0.2, 0.25) is 0 Å². The molecule has 1 aromatic rings. The monoisotopic (exact) mass is 221 g/mol. The lowest BCUT2D eigenvalue weighted by Crippen LogP contribution is -2.15. The van der Waals surface area contributed by atoms with E-state index in [1.165, 1.54) is 30.4 Å². The smallest absolute Gasteiger partial charge is 0.123 e. The van der Waals surface area contributed by atoms with Gasteiger partial charge in [0.15, 0.2) is 0 Å². The second kappa shape index (κ2) is 7.29. The summed E-state index contributed by atoms with van der Waals surface area (Å²) in [5.41, 5.74) is 2.53. The van der Waals surface area contributed by atoms with E-state index in [1.807, 2.05) is 6.07 Å². The molecule has 0 saturated carbocycles. The molecule has 0 aliphatic heterocycles. The Hall–Kier alpha value is -1.02. The van der Waals surface area contributed by atoms with E-state index >= 15 is 0 Å². The van der Waals surface area contributed by atoms with Crippen molar-refractivity contribution >= 4 is 0 Å². The Labute approximate surface area is 99.0 Å². The van der Waals surface area contributed by atoms with Gasteiger partial charge in [0.05, 0.1) is 7.11 Å². The largest absolute Gasteiger partial charge is 0.496 e. The second-order valence-corrected chi connectivity index (χ2v) is 4.20. The molecule has 0 aliphatic rings. The van der Waals surface area contributed by atoms with Crippen molar-refractivity contribution in [2.24, 2.45) is 0 Å².